The minimum atomic E-state index is 0.686. The van der Waals surface area contributed by atoms with E-state index in [1.54, 1.807) is 7.11 Å². The number of ether oxygens (including phenoxy) is 1. The molecule has 0 aliphatic rings. The normalized spacial score (nSPS) is 10.3. The van der Waals surface area contributed by atoms with Crippen LogP contribution in [0, 0.1) is 0 Å². The van der Waals surface area contributed by atoms with E-state index in [0.29, 0.717) is 5.02 Å². The first kappa shape index (κ1) is 12.3. The maximum atomic E-state index is 6.02. The second kappa shape index (κ2) is 6.70. The minimum Gasteiger partial charge on any atom is -0.495 e. The lowest BCUT2D eigenvalue weighted by molar-refractivity contribution is 0.415. The Morgan fingerprint density at radius 1 is 1.33 bits per heavy atom. The van der Waals surface area contributed by atoms with Gasteiger partial charge in [0.25, 0.3) is 0 Å². The molecule has 0 fully saturated rings. The first-order valence-corrected chi connectivity index (χ1v) is 5.69. The van der Waals surface area contributed by atoms with Gasteiger partial charge in [-0.05, 0) is 43.6 Å². The standard InChI is InChI=1S/C12H18ClNO/c1-3-7-14-8-6-10-4-5-12(15-2)11(13)9-10/h4-5,9,14H,3,6-8H2,1-2H3. The van der Waals surface area contributed by atoms with E-state index in [1.165, 1.54) is 12.0 Å². The Balaban J connectivity index is 2.45. The summed E-state index contributed by atoms with van der Waals surface area (Å²) in [5, 5.41) is 4.04. The molecule has 0 atom stereocenters. The molecule has 0 saturated carbocycles. The van der Waals surface area contributed by atoms with Crippen molar-refractivity contribution in [2.75, 3.05) is 20.2 Å². The van der Waals surface area contributed by atoms with E-state index < -0.39 is 0 Å². The molecule has 0 unspecified atom stereocenters. The SMILES string of the molecule is CCCNCCc1ccc(OC)c(Cl)c1. The summed E-state index contributed by atoms with van der Waals surface area (Å²) in [6, 6.07) is 5.93. The molecule has 0 aliphatic carbocycles. The van der Waals surface area contributed by atoms with Gasteiger partial charge in [-0.1, -0.05) is 24.6 Å². The van der Waals surface area contributed by atoms with Crippen LogP contribution < -0.4 is 10.1 Å². The molecule has 15 heavy (non-hydrogen) atoms. The van der Waals surface area contributed by atoms with Gasteiger partial charge in [0.2, 0.25) is 0 Å². The molecule has 0 bridgehead atoms. The fourth-order valence-electron chi connectivity index (χ4n) is 1.40. The Morgan fingerprint density at radius 2 is 2.13 bits per heavy atom. The third kappa shape index (κ3) is 4.10. The van der Waals surface area contributed by atoms with Gasteiger partial charge in [0.15, 0.2) is 0 Å². The Morgan fingerprint density at radius 3 is 2.73 bits per heavy atom. The first-order chi connectivity index (χ1) is 7.27. The zero-order chi connectivity index (χ0) is 11.1. The fraction of sp³-hybridized carbons (Fsp3) is 0.500. The molecule has 1 rings (SSSR count). The number of halogens is 1. The van der Waals surface area contributed by atoms with Gasteiger partial charge in [-0.25, -0.2) is 0 Å². The van der Waals surface area contributed by atoms with Crippen molar-refractivity contribution in [1.29, 1.82) is 0 Å². The predicted molar refractivity (Wildman–Crippen MR) is 64.9 cm³/mol. The van der Waals surface area contributed by atoms with Gasteiger partial charge in [-0.15, -0.1) is 0 Å². The molecule has 0 spiro atoms. The lowest BCUT2D eigenvalue weighted by atomic mass is 10.1. The summed E-state index contributed by atoms with van der Waals surface area (Å²) in [5.74, 6) is 0.738. The quantitative estimate of drug-likeness (QED) is 0.755. The zero-order valence-electron chi connectivity index (χ0n) is 9.35. The highest BCUT2D eigenvalue weighted by Crippen LogP contribution is 2.24. The summed E-state index contributed by atoms with van der Waals surface area (Å²) in [4.78, 5) is 0. The van der Waals surface area contributed by atoms with Crippen LogP contribution in [0.4, 0.5) is 0 Å². The highest BCUT2D eigenvalue weighted by atomic mass is 35.5. The summed E-state index contributed by atoms with van der Waals surface area (Å²) in [5.41, 5.74) is 1.24. The maximum absolute atomic E-state index is 6.02. The summed E-state index contributed by atoms with van der Waals surface area (Å²) >= 11 is 6.02. The van der Waals surface area contributed by atoms with E-state index in [9.17, 15) is 0 Å². The Bertz CT molecular complexity index is 302. The lowest BCUT2D eigenvalue weighted by Gasteiger charge is -2.06. The van der Waals surface area contributed by atoms with Crippen molar-refractivity contribution in [2.45, 2.75) is 19.8 Å². The Labute approximate surface area is 96.6 Å². The van der Waals surface area contributed by atoms with Crippen molar-refractivity contribution in [2.24, 2.45) is 0 Å². The summed E-state index contributed by atoms with van der Waals surface area (Å²) in [6.45, 7) is 4.23. The van der Waals surface area contributed by atoms with Crippen LogP contribution in [-0.4, -0.2) is 20.2 Å². The van der Waals surface area contributed by atoms with Crippen LogP contribution >= 0.6 is 11.6 Å². The van der Waals surface area contributed by atoms with Crippen LogP contribution in [0.5, 0.6) is 5.75 Å². The highest BCUT2D eigenvalue weighted by molar-refractivity contribution is 6.32. The highest BCUT2D eigenvalue weighted by Gasteiger charge is 2.01. The molecule has 0 radical (unpaired) electrons. The van der Waals surface area contributed by atoms with Crippen molar-refractivity contribution in [1.82, 2.24) is 5.32 Å². The van der Waals surface area contributed by atoms with Crippen molar-refractivity contribution in [3.63, 3.8) is 0 Å². The lowest BCUT2D eigenvalue weighted by Crippen LogP contribution is -2.17. The van der Waals surface area contributed by atoms with E-state index in [0.717, 1.165) is 25.3 Å². The van der Waals surface area contributed by atoms with Gasteiger partial charge in [-0.3, -0.25) is 0 Å². The van der Waals surface area contributed by atoms with E-state index in [-0.39, 0.29) is 0 Å². The monoisotopic (exact) mass is 227 g/mol. The number of nitrogens with one attached hydrogen (secondary N) is 1. The van der Waals surface area contributed by atoms with Crippen molar-refractivity contribution >= 4 is 11.6 Å². The molecule has 1 aromatic carbocycles. The molecule has 0 aromatic heterocycles. The minimum absolute atomic E-state index is 0.686. The third-order valence-corrected chi connectivity index (χ3v) is 2.53. The van der Waals surface area contributed by atoms with E-state index in [4.69, 9.17) is 16.3 Å². The molecular weight excluding hydrogens is 210 g/mol. The zero-order valence-corrected chi connectivity index (χ0v) is 10.1. The Kier molecular flexibility index (Phi) is 5.51. The second-order valence-corrected chi connectivity index (χ2v) is 3.88. The molecule has 1 aromatic rings. The van der Waals surface area contributed by atoms with Gasteiger partial charge in [0.05, 0.1) is 12.1 Å². The third-order valence-electron chi connectivity index (χ3n) is 2.23. The van der Waals surface area contributed by atoms with Crippen LogP contribution in [0.15, 0.2) is 18.2 Å². The van der Waals surface area contributed by atoms with Crippen molar-refractivity contribution in [3.8, 4) is 5.75 Å². The van der Waals surface area contributed by atoms with Crippen LogP contribution in [-0.2, 0) is 6.42 Å². The van der Waals surface area contributed by atoms with E-state index in [1.807, 2.05) is 12.1 Å². The van der Waals surface area contributed by atoms with Crippen LogP contribution in [0.25, 0.3) is 0 Å². The molecule has 84 valence electrons. The predicted octanol–water partition coefficient (Wildman–Crippen LogP) is 2.89. The molecule has 1 N–H and O–H groups in total. The fourth-order valence-corrected chi connectivity index (χ4v) is 1.68. The van der Waals surface area contributed by atoms with Gasteiger partial charge in [0.1, 0.15) is 5.75 Å². The van der Waals surface area contributed by atoms with Gasteiger partial charge >= 0.3 is 0 Å². The number of benzene rings is 1. The molecule has 0 amide bonds. The molecule has 0 heterocycles. The number of hydrogen-bond donors (Lipinski definition) is 1. The summed E-state index contributed by atoms with van der Waals surface area (Å²) in [7, 11) is 1.63. The topological polar surface area (TPSA) is 21.3 Å². The molecule has 3 heteroatoms. The molecule has 2 nitrogen and oxygen atoms in total. The van der Waals surface area contributed by atoms with Crippen molar-refractivity contribution in [3.05, 3.63) is 28.8 Å². The van der Waals surface area contributed by atoms with Crippen LogP contribution in [0.3, 0.4) is 0 Å². The smallest absolute Gasteiger partial charge is 0.137 e. The average Bonchev–Trinajstić information content (AvgIpc) is 2.25. The molecule has 0 aliphatic heterocycles. The van der Waals surface area contributed by atoms with Crippen molar-refractivity contribution < 1.29 is 4.74 Å². The van der Waals surface area contributed by atoms with Gasteiger partial charge < -0.3 is 10.1 Å². The Hall–Kier alpha value is -0.730. The van der Waals surface area contributed by atoms with Gasteiger partial charge in [0, 0.05) is 0 Å². The van der Waals surface area contributed by atoms with E-state index in [2.05, 4.69) is 18.3 Å². The van der Waals surface area contributed by atoms with Gasteiger partial charge in [-0.2, -0.15) is 0 Å². The first-order valence-electron chi connectivity index (χ1n) is 5.31. The molecular formula is C12H18ClNO. The largest absolute Gasteiger partial charge is 0.495 e. The summed E-state index contributed by atoms with van der Waals surface area (Å²) < 4.78 is 5.10. The maximum Gasteiger partial charge on any atom is 0.137 e. The second-order valence-electron chi connectivity index (χ2n) is 3.47. The summed E-state index contributed by atoms with van der Waals surface area (Å²) in [6.07, 6.45) is 2.17. The van der Waals surface area contributed by atoms with Crippen LogP contribution in [0.1, 0.15) is 18.9 Å². The average molecular weight is 228 g/mol. The van der Waals surface area contributed by atoms with E-state index >= 15 is 0 Å². The molecule has 0 saturated heterocycles. The van der Waals surface area contributed by atoms with Crippen LogP contribution in [0.2, 0.25) is 5.02 Å². The number of hydrogen-bond acceptors (Lipinski definition) is 2. The number of methoxy groups -OCH3 is 1. The number of rotatable bonds is 6.